The van der Waals surface area contributed by atoms with Crippen LogP contribution in [-0.2, 0) is 4.79 Å². The topological polar surface area (TPSA) is 70.1 Å². The van der Waals surface area contributed by atoms with Crippen molar-refractivity contribution in [2.45, 2.75) is 31.9 Å². The number of carbonyl (C=O) groups excluding carboxylic acids is 1. The molecule has 6 nitrogen and oxygen atoms in total. The van der Waals surface area contributed by atoms with E-state index in [1.165, 1.54) is 24.3 Å². The Hall–Kier alpha value is -2.22. The molecule has 1 aliphatic rings. The molecule has 0 bridgehead atoms. The molecule has 25 heavy (non-hydrogen) atoms. The molecule has 1 aromatic carbocycles. The van der Waals surface area contributed by atoms with Crippen LogP contribution < -0.4 is 4.74 Å². The number of carboxylic acids is 1. The van der Waals surface area contributed by atoms with Crippen molar-refractivity contribution in [1.82, 2.24) is 9.80 Å². The van der Waals surface area contributed by atoms with Crippen LogP contribution in [0.2, 0.25) is 0 Å². The number of ether oxygens (including phenoxy) is 1. The second-order valence-corrected chi connectivity index (χ2v) is 6.09. The molecular formula is C17H22F2N2O4. The number of benzene rings is 1. The Morgan fingerprint density at radius 3 is 2.56 bits per heavy atom. The Bertz CT molecular complexity index is 595. The number of carboxylic acid groups (broad SMARTS) is 1. The summed E-state index contributed by atoms with van der Waals surface area (Å²) in [6.45, 7) is -1.80. The van der Waals surface area contributed by atoms with Gasteiger partial charge in [-0.15, -0.1) is 0 Å². The van der Waals surface area contributed by atoms with Crippen molar-refractivity contribution in [2.75, 3.05) is 26.7 Å². The molecule has 0 aromatic heterocycles. The van der Waals surface area contributed by atoms with Gasteiger partial charge in [0.1, 0.15) is 5.75 Å². The smallest absolute Gasteiger partial charge is 0.387 e. The van der Waals surface area contributed by atoms with Gasteiger partial charge in [-0.1, -0.05) is 0 Å². The third-order valence-corrected chi connectivity index (χ3v) is 4.32. The van der Waals surface area contributed by atoms with Gasteiger partial charge in [0.05, 0.1) is 6.54 Å². The average molecular weight is 356 g/mol. The number of hydrogen-bond donors (Lipinski definition) is 1. The van der Waals surface area contributed by atoms with Gasteiger partial charge in [-0.3, -0.25) is 14.5 Å². The summed E-state index contributed by atoms with van der Waals surface area (Å²) in [6.07, 6.45) is 2.31. The molecule has 1 saturated heterocycles. The predicted octanol–water partition coefficient (Wildman–Crippen LogP) is 2.30. The van der Waals surface area contributed by atoms with Crippen LogP contribution in [-0.4, -0.2) is 66.1 Å². The number of likely N-dealkylation sites (N-methyl/N-ethyl adjacent to an activating group) is 1. The number of aliphatic carboxylic acids is 1. The fourth-order valence-electron chi connectivity index (χ4n) is 3.03. The van der Waals surface area contributed by atoms with E-state index in [1.807, 2.05) is 0 Å². The van der Waals surface area contributed by atoms with Crippen LogP contribution in [0, 0.1) is 0 Å². The molecule has 0 spiro atoms. The summed E-state index contributed by atoms with van der Waals surface area (Å²) >= 11 is 0. The molecule has 2 rings (SSSR count). The fourth-order valence-corrected chi connectivity index (χ4v) is 3.03. The molecule has 138 valence electrons. The molecule has 1 atom stereocenters. The third-order valence-electron chi connectivity index (χ3n) is 4.32. The number of likely N-dealkylation sites (tertiary alicyclic amines) is 1. The first-order chi connectivity index (χ1) is 11.9. The number of hydrogen-bond acceptors (Lipinski definition) is 4. The molecule has 1 N–H and O–H groups in total. The monoisotopic (exact) mass is 356 g/mol. The van der Waals surface area contributed by atoms with E-state index in [1.54, 1.807) is 16.8 Å². The van der Waals surface area contributed by atoms with Crippen LogP contribution in [0.25, 0.3) is 0 Å². The Kier molecular flexibility index (Phi) is 6.69. The largest absolute Gasteiger partial charge is 0.480 e. The van der Waals surface area contributed by atoms with E-state index in [4.69, 9.17) is 5.11 Å². The highest BCUT2D eigenvalue weighted by Gasteiger charge is 2.24. The minimum Gasteiger partial charge on any atom is -0.480 e. The Balaban J connectivity index is 1.95. The first-order valence-electron chi connectivity index (χ1n) is 8.13. The lowest BCUT2D eigenvalue weighted by Gasteiger charge is -2.25. The van der Waals surface area contributed by atoms with Gasteiger partial charge < -0.3 is 14.7 Å². The number of halogens is 2. The van der Waals surface area contributed by atoms with Crippen LogP contribution in [0.15, 0.2) is 24.3 Å². The molecule has 1 amide bonds. The first-order valence-corrected chi connectivity index (χ1v) is 8.13. The number of nitrogens with zero attached hydrogens (tertiary/aromatic N) is 2. The maximum absolute atomic E-state index is 12.6. The normalized spacial score (nSPS) is 18.3. The maximum atomic E-state index is 12.6. The highest BCUT2D eigenvalue weighted by Crippen LogP contribution is 2.20. The van der Waals surface area contributed by atoms with Crippen LogP contribution in [0.5, 0.6) is 5.75 Å². The van der Waals surface area contributed by atoms with Crippen molar-refractivity contribution in [1.29, 1.82) is 0 Å². The quantitative estimate of drug-likeness (QED) is 0.847. The van der Waals surface area contributed by atoms with Crippen molar-refractivity contribution in [3.05, 3.63) is 29.8 Å². The number of rotatable bonds is 6. The van der Waals surface area contributed by atoms with Gasteiger partial charge in [0.15, 0.2) is 0 Å². The first kappa shape index (κ1) is 19.1. The maximum Gasteiger partial charge on any atom is 0.387 e. The molecule has 0 saturated carbocycles. The van der Waals surface area contributed by atoms with Gasteiger partial charge in [-0.2, -0.15) is 8.78 Å². The van der Waals surface area contributed by atoms with Gasteiger partial charge in [-0.25, -0.2) is 0 Å². The summed E-state index contributed by atoms with van der Waals surface area (Å²) in [6, 6.07) is 5.76. The SMILES string of the molecule is CN(CC(=O)O)C1CCCN(C(=O)c2ccc(OC(F)F)cc2)CC1. The molecule has 0 aliphatic carbocycles. The molecule has 8 heteroatoms. The zero-order chi connectivity index (χ0) is 18.4. The fraction of sp³-hybridized carbons (Fsp3) is 0.529. The van der Waals surface area contributed by atoms with Crippen molar-refractivity contribution in [3.63, 3.8) is 0 Å². The highest BCUT2D eigenvalue weighted by atomic mass is 19.3. The van der Waals surface area contributed by atoms with E-state index in [0.717, 1.165) is 12.8 Å². The number of carbonyl (C=O) groups is 2. The second-order valence-electron chi connectivity index (χ2n) is 6.09. The van der Waals surface area contributed by atoms with Gasteiger partial charge in [0.2, 0.25) is 0 Å². The van der Waals surface area contributed by atoms with Crippen molar-refractivity contribution in [2.24, 2.45) is 0 Å². The number of amides is 1. The van der Waals surface area contributed by atoms with Gasteiger partial charge >= 0.3 is 12.6 Å². The molecule has 1 aromatic rings. The minimum atomic E-state index is -2.90. The summed E-state index contributed by atoms with van der Waals surface area (Å²) in [5.74, 6) is -1.02. The zero-order valence-electron chi connectivity index (χ0n) is 14.0. The Morgan fingerprint density at radius 2 is 1.96 bits per heavy atom. The lowest BCUT2D eigenvalue weighted by molar-refractivity contribution is -0.138. The number of alkyl halides is 2. The summed E-state index contributed by atoms with van der Waals surface area (Å²) in [5.41, 5.74) is 0.416. The van der Waals surface area contributed by atoms with Crippen molar-refractivity contribution < 1.29 is 28.2 Å². The summed E-state index contributed by atoms with van der Waals surface area (Å²) < 4.78 is 28.6. The minimum absolute atomic E-state index is 0.0118. The van der Waals surface area contributed by atoms with E-state index < -0.39 is 12.6 Å². The van der Waals surface area contributed by atoms with Crippen LogP contribution in [0.4, 0.5) is 8.78 Å². The average Bonchev–Trinajstić information content (AvgIpc) is 2.80. The van der Waals surface area contributed by atoms with Crippen molar-refractivity contribution in [3.8, 4) is 5.75 Å². The van der Waals surface area contributed by atoms with Crippen molar-refractivity contribution >= 4 is 11.9 Å². The predicted molar refractivity (Wildman–Crippen MR) is 86.9 cm³/mol. The lowest BCUT2D eigenvalue weighted by atomic mass is 10.1. The zero-order valence-corrected chi connectivity index (χ0v) is 14.0. The van der Waals surface area contributed by atoms with Gasteiger partial charge in [0, 0.05) is 24.7 Å². The second kappa shape index (κ2) is 8.75. The Labute approximate surface area is 145 Å². The molecule has 0 radical (unpaired) electrons. The summed E-state index contributed by atoms with van der Waals surface area (Å²) in [4.78, 5) is 26.9. The van der Waals surface area contributed by atoms with E-state index in [0.29, 0.717) is 25.1 Å². The molecule has 1 heterocycles. The standard InChI is InChI=1S/C17H22F2N2O4/c1-20(11-15(22)23)13-3-2-9-21(10-8-13)16(24)12-4-6-14(7-5-12)25-17(18)19/h4-7,13,17H,2-3,8-11H2,1H3,(H,22,23). The molecule has 1 fully saturated rings. The summed E-state index contributed by atoms with van der Waals surface area (Å²) in [5, 5.41) is 8.89. The lowest BCUT2D eigenvalue weighted by Crippen LogP contribution is -2.37. The molecular weight excluding hydrogens is 334 g/mol. The van der Waals surface area contributed by atoms with Crippen LogP contribution in [0.1, 0.15) is 29.6 Å². The van der Waals surface area contributed by atoms with Gasteiger partial charge in [0.25, 0.3) is 5.91 Å². The van der Waals surface area contributed by atoms with E-state index in [9.17, 15) is 18.4 Å². The summed E-state index contributed by atoms with van der Waals surface area (Å²) in [7, 11) is 1.78. The van der Waals surface area contributed by atoms with Crippen LogP contribution in [0.3, 0.4) is 0 Å². The molecule has 1 unspecified atom stereocenters. The van der Waals surface area contributed by atoms with E-state index in [2.05, 4.69) is 4.74 Å². The third kappa shape index (κ3) is 5.67. The Morgan fingerprint density at radius 1 is 1.28 bits per heavy atom. The van der Waals surface area contributed by atoms with Crippen LogP contribution >= 0.6 is 0 Å². The van der Waals surface area contributed by atoms with Gasteiger partial charge in [-0.05, 0) is 50.6 Å². The highest BCUT2D eigenvalue weighted by molar-refractivity contribution is 5.94. The van der Waals surface area contributed by atoms with E-state index >= 15 is 0 Å². The van der Waals surface area contributed by atoms with E-state index in [-0.39, 0.29) is 24.2 Å². The molecule has 1 aliphatic heterocycles.